The maximum absolute atomic E-state index is 12.3. The van der Waals surface area contributed by atoms with Crippen molar-refractivity contribution in [3.8, 4) is 0 Å². The van der Waals surface area contributed by atoms with E-state index in [1.807, 2.05) is 11.8 Å². The molecule has 0 aromatic rings. The Bertz CT molecular complexity index is 388. The van der Waals surface area contributed by atoms with Crippen molar-refractivity contribution in [3.63, 3.8) is 0 Å². The lowest BCUT2D eigenvalue weighted by atomic mass is 9.97. The quantitative estimate of drug-likeness (QED) is 0.797. The van der Waals surface area contributed by atoms with E-state index in [9.17, 15) is 9.00 Å². The number of carbonyl (C=O) groups excluding carboxylic acids is 1. The number of hydrogen-bond donors (Lipinski definition) is 1. The summed E-state index contributed by atoms with van der Waals surface area (Å²) in [7, 11) is -0.881. The van der Waals surface area contributed by atoms with Gasteiger partial charge in [0.25, 0.3) is 0 Å². The molecule has 0 aromatic heterocycles. The highest BCUT2D eigenvalue weighted by molar-refractivity contribution is 7.84. The Morgan fingerprint density at radius 2 is 2.09 bits per heavy atom. The topological polar surface area (TPSA) is 61.9 Å². The largest absolute Gasteiger partial charge is 0.379 e. The fraction of sp³-hybridized carbons (Fsp3) is 0.933. The van der Waals surface area contributed by atoms with Gasteiger partial charge in [-0.25, -0.2) is 4.79 Å². The van der Waals surface area contributed by atoms with Gasteiger partial charge in [-0.15, -0.1) is 0 Å². The molecule has 2 saturated heterocycles. The molecule has 6 nitrogen and oxygen atoms in total. The molecule has 3 atom stereocenters. The summed E-state index contributed by atoms with van der Waals surface area (Å²) in [4.78, 5) is 16.7. The molecule has 128 valence electrons. The van der Waals surface area contributed by atoms with Crippen molar-refractivity contribution in [2.45, 2.75) is 25.8 Å². The number of ether oxygens (including phenoxy) is 1. The highest BCUT2D eigenvalue weighted by atomic mass is 32.2. The van der Waals surface area contributed by atoms with Gasteiger partial charge in [0.1, 0.15) is 0 Å². The maximum Gasteiger partial charge on any atom is 0.317 e. The molecule has 7 heteroatoms. The summed E-state index contributed by atoms with van der Waals surface area (Å²) < 4.78 is 16.6. The zero-order valence-corrected chi connectivity index (χ0v) is 14.6. The first kappa shape index (κ1) is 17.7. The fourth-order valence-corrected chi connectivity index (χ4v) is 4.03. The molecule has 0 radical (unpaired) electrons. The average molecular weight is 331 g/mol. The molecule has 2 aliphatic heterocycles. The molecule has 0 aromatic carbocycles. The molecule has 2 fully saturated rings. The Morgan fingerprint density at radius 1 is 1.36 bits per heavy atom. The van der Waals surface area contributed by atoms with Gasteiger partial charge in [-0.05, 0) is 25.7 Å². The van der Waals surface area contributed by atoms with Crippen LogP contribution in [0.1, 0.15) is 19.8 Å². The van der Waals surface area contributed by atoms with Crippen molar-refractivity contribution in [1.82, 2.24) is 15.1 Å². The molecule has 0 saturated carbocycles. The summed E-state index contributed by atoms with van der Waals surface area (Å²) in [6.07, 6.45) is 3.92. The summed E-state index contributed by atoms with van der Waals surface area (Å²) in [5.74, 6) is 1.06. The van der Waals surface area contributed by atoms with E-state index >= 15 is 0 Å². The van der Waals surface area contributed by atoms with Crippen LogP contribution in [0.5, 0.6) is 0 Å². The summed E-state index contributed by atoms with van der Waals surface area (Å²) in [6, 6.07) is -0.0532. The second-order valence-corrected chi connectivity index (χ2v) is 7.94. The van der Waals surface area contributed by atoms with Gasteiger partial charge in [-0.1, -0.05) is 0 Å². The maximum atomic E-state index is 12.3. The van der Waals surface area contributed by atoms with Crippen LogP contribution < -0.4 is 5.32 Å². The van der Waals surface area contributed by atoms with Gasteiger partial charge >= 0.3 is 6.03 Å². The SMILES string of the molecule is C[C@@H](C[S@@](C)=O)NC(=O)N1CCC[C@H](CN2CCOCC2)C1. The van der Waals surface area contributed by atoms with Crippen LogP contribution in [0.25, 0.3) is 0 Å². The number of rotatable bonds is 5. The third kappa shape index (κ3) is 5.85. The molecular weight excluding hydrogens is 302 g/mol. The fourth-order valence-electron chi connectivity index (χ4n) is 3.24. The number of nitrogens with one attached hydrogen (secondary N) is 1. The van der Waals surface area contributed by atoms with E-state index in [-0.39, 0.29) is 12.1 Å². The van der Waals surface area contributed by atoms with Crippen molar-refractivity contribution in [1.29, 1.82) is 0 Å². The lowest BCUT2D eigenvalue weighted by Gasteiger charge is -2.37. The minimum atomic E-state index is -0.881. The summed E-state index contributed by atoms with van der Waals surface area (Å²) >= 11 is 0. The van der Waals surface area contributed by atoms with Crippen LogP contribution in [0.4, 0.5) is 4.79 Å². The van der Waals surface area contributed by atoms with Gasteiger partial charge in [0.2, 0.25) is 0 Å². The third-order valence-electron chi connectivity index (χ3n) is 4.28. The van der Waals surface area contributed by atoms with E-state index < -0.39 is 10.8 Å². The van der Waals surface area contributed by atoms with Crippen molar-refractivity contribution in [3.05, 3.63) is 0 Å². The van der Waals surface area contributed by atoms with Gasteiger partial charge in [0, 0.05) is 61.6 Å². The van der Waals surface area contributed by atoms with E-state index in [0.29, 0.717) is 11.7 Å². The molecule has 2 heterocycles. The summed E-state index contributed by atoms with van der Waals surface area (Å²) in [5.41, 5.74) is 0. The second kappa shape index (κ2) is 8.84. The number of piperidine rings is 1. The first-order valence-corrected chi connectivity index (χ1v) is 9.93. The van der Waals surface area contributed by atoms with Crippen LogP contribution in [0.15, 0.2) is 0 Å². The lowest BCUT2D eigenvalue weighted by molar-refractivity contribution is 0.0248. The second-order valence-electron chi connectivity index (χ2n) is 6.46. The number of hydrogen-bond acceptors (Lipinski definition) is 4. The Labute approximate surface area is 136 Å². The molecule has 0 bridgehead atoms. The van der Waals surface area contributed by atoms with E-state index in [1.165, 1.54) is 6.42 Å². The molecule has 0 spiro atoms. The third-order valence-corrected chi connectivity index (χ3v) is 5.25. The average Bonchev–Trinajstić information content (AvgIpc) is 2.47. The first-order valence-electron chi connectivity index (χ1n) is 8.20. The van der Waals surface area contributed by atoms with Gasteiger partial charge in [-0.3, -0.25) is 9.11 Å². The van der Waals surface area contributed by atoms with Crippen LogP contribution in [0.3, 0.4) is 0 Å². The zero-order chi connectivity index (χ0) is 15.9. The Morgan fingerprint density at radius 3 is 2.77 bits per heavy atom. The van der Waals surface area contributed by atoms with Crippen molar-refractivity contribution in [2.75, 3.05) is 57.9 Å². The van der Waals surface area contributed by atoms with E-state index in [1.54, 1.807) is 6.26 Å². The summed E-state index contributed by atoms with van der Waals surface area (Å²) in [5, 5.41) is 2.97. The Hall–Kier alpha value is -0.660. The van der Waals surface area contributed by atoms with Crippen LogP contribution in [-0.2, 0) is 15.5 Å². The van der Waals surface area contributed by atoms with Gasteiger partial charge in [0.15, 0.2) is 0 Å². The van der Waals surface area contributed by atoms with E-state index in [0.717, 1.165) is 52.4 Å². The molecule has 0 unspecified atom stereocenters. The van der Waals surface area contributed by atoms with Crippen molar-refractivity contribution >= 4 is 16.8 Å². The molecular formula is C15H29N3O3S. The minimum Gasteiger partial charge on any atom is -0.379 e. The van der Waals surface area contributed by atoms with Crippen molar-refractivity contribution in [2.24, 2.45) is 5.92 Å². The number of morpholine rings is 1. The molecule has 0 aliphatic carbocycles. The summed E-state index contributed by atoms with van der Waals surface area (Å²) in [6.45, 7) is 8.27. The van der Waals surface area contributed by atoms with Gasteiger partial charge < -0.3 is 15.0 Å². The number of urea groups is 1. The molecule has 2 rings (SSSR count). The molecule has 2 aliphatic rings. The number of nitrogens with zero attached hydrogens (tertiary/aromatic N) is 2. The van der Waals surface area contributed by atoms with E-state index in [4.69, 9.17) is 4.74 Å². The molecule has 22 heavy (non-hydrogen) atoms. The van der Waals surface area contributed by atoms with E-state index in [2.05, 4.69) is 10.2 Å². The van der Waals surface area contributed by atoms with Gasteiger partial charge in [-0.2, -0.15) is 0 Å². The normalized spacial score (nSPS) is 26.5. The van der Waals surface area contributed by atoms with Crippen LogP contribution in [-0.4, -0.2) is 84.0 Å². The molecule has 1 N–H and O–H groups in total. The number of carbonyl (C=O) groups is 1. The zero-order valence-electron chi connectivity index (χ0n) is 13.8. The van der Waals surface area contributed by atoms with Crippen LogP contribution in [0, 0.1) is 5.92 Å². The predicted octanol–water partition coefficient (Wildman–Crippen LogP) is 0.507. The monoisotopic (exact) mass is 331 g/mol. The highest BCUT2D eigenvalue weighted by Gasteiger charge is 2.26. The predicted molar refractivity (Wildman–Crippen MR) is 88.5 cm³/mol. The highest BCUT2D eigenvalue weighted by Crippen LogP contribution is 2.18. The standard InChI is InChI=1S/C15H29N3O3S/c1-13(12-22(2)20)16-15(19)18-5-3-4-14(11-18)10-17-6-8-21-9-7-17/h13-14H,3-12H2,1-2H3,(H,16,19)/t13-,14+,22+/m0/s1. The smallest absolute Gasteiger partial charge is 0.317 e. The first-order chi connectivity index (χ1) is 10.5. The Balaban J connectivity index is 1.76. The minimum absolute atomic E-state index is 0.00960. The number of amides is 2. The molecule has 2 amide bonds. The number of likely N-dealkylation sites (tertiary alicyclic amines) is 1. The van der Waals surface area contributed by atoms with Crippen LogP contribution in [0.2, 0.25) is 0 Å². The Kier molecular flexibility index (Phi) is 7.11. The lowest BCUT2D eigenvalue weighted by Crippen LogP contribution is -2.51. The van der Waals surface area contributed by atoms with Gasteiger partial charge in [0.05, 0.1) is 13.2 Å². The van der Waals surface area contributed by atoms with Crippen LogP contribution >= 0.6 is 0 Å². The van der Waals surface area contributed by atoms with Crippen molar-refractivity contribution < 1.29 is 13.7 Å².